The van der Waals surface area contributed by atoms with E-state index < -0.39 is 0 Å². The largest absolute Gasteiger partial charge is 0.379 e. The fourth-order valence-electron chi connectivity index (χ4n) is 2.79. The summed E-state index contributed by atoms with van der Waals surface area (Å²) >= 11 is 0. The molecule has 1 aliphatic rings. The van der Waals surface area contributed by atoms with E-state index in [1.54, 1.807) is 29.2 Å². The molecule has 1 heterocycles. The Labute approximate surface area is 135 Å². The van der Waals surface area contributed by atoms with Gasteiger partial charge >= 0.3 is 0 Å². The standard InChI is InChI=1S/C19H19NO3/c1-14(21)15-7-9-16(10-8-15)19(22)20(18-11-12-23-13-18)17-5-3-2-4-6-17/h2-10,18H,11-13H2,1H3. The molecular formula is C19H19NO3. The summed E-state index contributed by atoms with van der Waals surface area (Å²) < 4.78 is 5.46. The van der Waals surface area contributed by atoms with Gasteiger partial charge in [-0.1, -0.05) is 30.3 Å². The maximum Gasteiger partial charge on any atom is 0.258 e. The number of ether oxygens (including phenoxy) is 1. The van der Waals surface area contributed by atoms with Crippen molar-refractivity contribution in [2.75, 3.05) is 18.1 Å². The van der Waals surface area contributed by atoms with E-state index in [1.165, 1.54) is 6.92 Å². The highest BCUT2D eigenvalue weighted by Crippen LogP contribution is 2.24. The molecule has 23 heavy (non-hydrogen) atoms. The van der Waals surface area contributed by atoms with Crippen LogP contribution in [0.3, 0.4) is 0 Å². The Morgan fingerprint density at radius 2 is 1.65 bits per heavy atom. The number of carbonyl (C=O) groups is 2. The lowest BCUT2D eigenvalue weighted by atomic mass is 10.1. The SMILES string of the molecule is CC(=O)c1ccc(C(=O)N(c2ccccc2)C2CCOC2)cc1. The van der Waals surface area contributed by atoms with Gasteiger partial charge in [0.05, 0.1) is 12.6 Å². The number of anilines is 1. The van der Waals surface area contributed by atoms with Gasteiger partial charge in [0.2, 0.25) is 0 Å². The lowest BCUT2D eigenvalue weighted by molar-refractivity contribution is 0.0968. The third-order valence-electron chi connectivity index (χ3n) is 4.06. The van der Waals surface area contributed by atoms with Crippen LogP contribution in [0.15, 0.2) is 54.6 Å². The van der Waals surface area contributed by atoms with Gasteiger partial charge in [0, 0.05) is 23.4 Å². The summed E-state index contributed by atoms with van der Waals surface area (Å²) in [5.74, 6) is -0.0742. The minimum Gasteiger partial charge on any atom is -0.379 e. The lowest BCUT2D eigenvalue weighted by Gasteiger charge is -2.28. The zero-order valence-electron chi connectivity index (χ0n) is 13.1. The lowest BCUT2D eigenvalue weighted by Crippen LogP contribution is -2.41. The first-order valence-electron chi connectivity index (χ1n) is 7.74. The van der Waals surface area contributed by atoms with Crippen molar-refractivity contribution in [2.45, 2.75) is 19.4 Å². The number of nitrogens with zero attached hydrogens (tertiary/aromatic N) is 1. The molecule has 2 aromatic rings. The molecule has 1 fully saturated rings. The van der Waals surface area contributed by atoms with Gasteiger partial charge in [-0.25, -0.2) is 0 Å². The highest BCUT2D eigenvalue weighted by molar-refractivity contribution is 6.07. The Kier molecular flexibility index (Phi) is 4.53. The Morgan fingerprint density at radius 1 is 1.00 bits per heavy atom. The van der Waals surface area contributed by atoms with Crippen molar-refractivity contribution in [1.29, 1.82) is 0 Å². The molecule has 1 atom stereocenters. The normalized spacial score (nSPS) is 17.0. The van der Waals surface area contributed by atoms with Crippen molar-refractivity contribution >= 4 is 17.4 Å². The molecule has 2 aromatic carbocycles. The zero-order valence-corrected chi connectivity index (χ0v) is 13.1. The fraction of sp³-hybridized carbons (Fsp3) is 0.263. The summed E-state index contributed by atoms with van der Waals surface area (Å²) in [6, 6.07) is 16.5. The molecule has 0 saturated carbocycles. The number of ketones is 1. The Bertz CT molecular complexity index is 688. The fourth-order valence-corrected chi connectivity index (χ4v) is 2.79. The maximum atomic E-state index is 13.0. The number of amides is 1. The third kappa shape index (κ3) is 3.32. The van der Waals surface area contributed by atoms with Crippen LogP contribution in [0.1, 0.15) is 34.1 Å². The molecule has 0 N–H and O–H groups in total. The van der Waals surface area contributed by atoms with Crippen molar-refractivity contribution in [3.05, 3.63) is 65.7 Å². The minimum absolute atomic E-state index is 0.00638. The number of Topliss-reactive ketones (excluding diaryl/α,β-unsaturated/α-hetero) is 1. The van der Waals surface area contributed by atoms with Gasteiger partial charge in [0.1, 0.15) is 0 Å². The van der Waals surface area contributed by atoms with E-state index in [4.69, 9.17) is 4.74 Å². The van der Waals surface area contributed by atoms with Crippen LogP contribution in [0.2, 0.25) is 0 Å². The molecule has 4 heteroatoms. The summed E-state index contributed by atoms with van der Waals surface area (Å²) in [5, 5.41) is 0. The van der Waals surface area contributed by atoms with E-state index in [2.05, 4.69) is 0 Å². The van der Waals surface area contributed by atoms with Crippen molar-refractivity contribution in [1.82, 2.24) is 0 Å². The Morgan fingerprint density at radius 3 is 2.22 bits per heavy atom. The van der Waals surface area contributed by atoms with Crippen molar-refractivity contribution in [3.8, 4) is 0 Å². The molecule has 1 aliphatic heterocycles. The average molecular weight is 309 g/mol. The molecule has 1 unspecified atom stereocenters. The molecule has 4 nitrogen and oxygen atoms in total. The van der Waals surface area contributed by atoms with Crippen LogP contribution in [0.5, 0.6) is 0 Å². The second-order valence-electron chi connectivity index (χ2n) is 5.66. The number of hydrogen-bond acceptors (Lipinski definition) is 3. The molecular weight excluding hydrogens is 290 g/mol. The quantitative estimate of drug-likeness (QED) is 0.814. The van der Waals surface area contributed by atoms with Crippen LogP contribution in [0.4, 0.5) is 5.69 Å². The molecule has 118 valence electrons. The molecule has 3 rings (SSSR count). The van der Waals surface area contributed by atoms with Crippen LogP contribution in [-0.2, 0) is 4.74 Å². The van der Waals surface area contributed by atoms with E-state index >= 15 is 0 Å². The molecule has 0 spiro atoms. The van der Waals surface area contributed by atoms with Gasteiger partial charge < -0.3 is 9.64 Å². The first-order valence-corrected chi connectivity index (χ1v) is 7.74. The van der Waals surface area contributed by atoms with E-state index in [9.17, 15) is 9.59 Å². The maximum absolute atomic E-state index is 13.0. The van der Waals surface area contributed by atoms with Crippen molar-refractivity contribution < 1.29 is 14.3 Å². The third-order valence-corrected chi connectivity index (χ3v) is 4.06. The highest BCUT2D eigenvalue weighted by Gasteiger charge is 2.29. The summed E-state index contributed by atoms with van der Waals surface area (Å²) in [6.45, 7) is 2.74. The Balaban J connectivity index is 1.92. The number of para-hydroxylation sites is 1. The predicted molar refractivity (Wildman–Crippen MR) is 88.9 cm³/mol. The van der Waals surface area contributed by atoms with Gasteiger partial charge in [-0.3, -0.25) is 9.59 Å². The first kappa shape index (κ1) is 15.4. The number of hydrogen-bond donors (Lipinski definition) is 0. The monoisotopic (exact) mass is 309 g/mol. The van der Waals surface area contributed by atoms with E-state index in [0.29, 0.717) is 24.3 Å². The van der Waals surface area contributed by atoms with Gasteiger partial charge in [-0.2, -0.15) is 0 Å². The van der Waals surface area contributed by atoms with E-state index in [0.717, 1.165) is 12.1 Å². The summed E-state index contributed by atoms with van der Waals surface area (Å²) in [4.78, 5) is 26.2. The van der Waals surface area contributed by atoms with Gasteiger partial charge in [-0.15, -0.1) is 0 Å². The zero-order chi connectivity index (χ0) is 16.2. The van der Waals surface area contributed by atoms with E-state index in [1.807, 2.05) is 30.3 Å². The molecule has 0 aliphatic carbocycles. The van der Waals surface area contributed by atoms with Crippen LogP contribution in [0, 0.1) is 0 Å². The molecule has 1 saturated heterocycles. The molecule has 0 bridgehead atoms. The van der Waals surface area contributed by atoms with Crippen molar-refractivity contribution in [2.24, 2.45) is 0 Å². The van der Waals surface area contributed by atoms with Gasteiger partial charge in [0.15, 0.2) is 5.78 Å². The summed E-state index contributed by atoms with van der Waals surface area (Å²) in [5.41, 5.74) is 2.05. The van der Waals surface area contributed by atoms with Gasteiger partial charge in [0.25, 0.3) is 5.91 Å². The first-order chi connectivity index (χ1) is 11.2. The summed E-state index contributed by atoms with van der Waals surface area (Å²) in [7, 11) is 0. The van der Waals surface area contributed by atoms with Crippen LogP contribution < -0.4 is 4.90 Å². The molecule has 0 aromatic heterocycles. The topological polar surface area (TPSA) is 46.6 Å². The highest BCUT2D eigenvalue weighted by atomic mass is 16.5. The second kappa shape index (κ2) is 6.75. The van der Waals surface area contributed by atoms with Crippen LogP contribution in [-0.4, -0.2) is 30.9 Å². The van der Waals surface area contributed by atoms with Gasteiger partial charge in [-0.05, 0) is 37.6 Å². The predicted octanol–water partition coefficient (Wildman–Crippen LogP) is 3.32. The summed E-state index contributed by atoms with van der Waals surface area (Å²) in [6.07, 6.45) is 0.826. The molecule has 1 amide bonds. The van der Waals surface area contributed by atoms with E-state index in [-0.39, 0.29) is 17.7 Å². The smallest absolute Gasteiger partial charge is 0.258 e. The second-order valence-corrected chi connectivity index (χ2v) is 5.66. The average Bonchev–Trinajstić information content (AvgIpc) is 3.10. The molecule has 0 radical (unpaired) electrons. The van der Waals surface area contributed by atoms with Crippen LogP contribution >= 0.6 is 0 Å². The van der Waals surface area contributed by atoms with Crippen LogP contribution in [0.25, 0.3) is 0 Å². The minimum atomic E-state index is -0.0678. The van der Waals surface area contributed by atoms with Crippen molar-refractivity contribution in [3.63, 3.8) is 0 Å². The number of carbonyl (C=O) groups excluding carboxylic acids is 2. The Hall–Kier alpha value is -2.46. The number of benzene rings is 2. The number of rotatable bonds is 4.